The zero-order valence-corrected chi connectivity index (χ0v) is 9.69. The Morgan fingerprint density at radius 1 is 1.07 bits per heavy atom. The molecule has 2 nitrogen and oxygen atoms in total. The Bertz CT molecular complexity index is 494. The SMILES string of the molecule is CC(C)c1[nH]c(=S)[nH]c1-c1ccccc1. The summed E-state index contributed by atoms with van der Waals surface area (Å²) >= 11 is 5.13. The smallest absolute Gasteiger partial charge is 0.175 e. The van der Waals surface area contributed by atoms with Crippen LogP contribution in [-0.4, -0.2) is 9.97 Å². The van der Waals surface area contributed by atoms with Crippen molar-refractivity contribution in [1.29, 1.82) is 0 Å². The Hall–Kier alpha value is -1.35. The molecule has 15 heavy (non-hydrogen) atoms. The molecule has 0 fully saturated rings. The van der Waals surface area contributed by atoms with E-state index in [1.54, 1.807) is 0 Å². The fourth-order valence-corrected chi connectivity index (χ4v) is 1.87. The van der Waals surface area contributed by atoms with E-state index in [2.05, 4.69) is 35.9 Å². The standard InChI is InChI=1S/C12H14N2S/c1-8(2)10-11(14-12(15)13-10)9-6-4-3-5-7-9/h3-8H,1-2H3,(H2,13,14,15). The molecule has 0 amide bonds. The molecule has 3 heteroatoms. The third-order valence-electron chi connectivity index (χ3n) is 2.40. The molecule has 0 unspecified atom stereocenters. The molecule has 2 aromatic rings. The van der Waals surface area contributed by atoms with Crippen LogP contribution < -0.4 is 0 Å². The summed E-state index contributed by atoms with van der Waals surface area (Å²) in [7, 11) is 0. The van der Waals surface area contributed by atoms with Crippen molar-refractivity contribution in [1.82, 2.24) is 9.97 Å². The second-order valence-electron chi connectivity index (χ2n) is 3.89. The van der Waals surface area contributed by atoms with E-state index < -0.39 is 0 Å². The van der Waals surface area contributed by atoms with E-state index in [1.165, 1.54) is 11.3 Å². The second-order valence-corrected chi connectivity index (χ2v) is 4.30. The summed E-state index contributed by atoms with van der Waals surface area (Å²) in [6.45, 7) is 4.31. The van der Waals surface area contributed by atoms with Gasteiger partial charge in [-0.1, -0.05) is 44.2 Å². The molecule has 78 valence electrons. The minimum absolute atomic E-state index is 0.438. The van der Waals surface area contributed by atoms with Gasteiger partial charge in [-0.05, 0) is 23.7 Å². The Balaban J connectivity index is 2.58. The Kier molecular flexibility index (Phi) is 2.73. The van der Waals surface area contributed by atoms with Crippen molar-refractivity contribution in [3.8, 4) is 11.3 Å². The summed E-state index contributed by atoms with van der Waals surface area (Å²) in [5.74, 6) is 0.438. The topological polar surface area (TPSA) is 31.6 Å². The molecule has 1 heterocycles. The Labute approximate surface area is 94.4 Å². The highest BCUT2D eigenvalue weighted by molar-refractivity contribution is 7.71. The van der Waals surface area contributed by atoms with E-state index in [0.717, 1.165) is 5.69 Å². The second kappa shape index (κ2) is 4.03. The molecular formula is C12H14N2S. The number of hydrogen-bond donors (Lipinski definition) is 2. The number of benzene rings is 1. The van der Waals surface area contributed by atoms with Crippen LogP contribution in [0.25, 0.3) is 11.3 Å². The van der Waals surface area contributed by atoms with Crippen molar-refractivity contribution in [2.24, 2.45) is 0 Å². The van der Waals surface area contributed by atoms with E-state index in [1.807, 2.05) is 18.2 Å². The van der Waals surface area contributed by atoms with Gasteiger partial charge in [-0.3, -0.25) is 0 Å². The van der Waals surface area contributed by atoms with Crippen molar-refractivity contribution >= 4 is 12.2 Å². The molecule has 2 rings (SSSR count). The summed E-state index contributed by atoms with van der Waals surface area (Å²) in [6.07, 6.45) is 0. The van der Waals surface area contributed by atoms with Gasteiger partial charge in [-0.15, -0.1) is 0 Å². The molecule has 0 atom stereocenters. The van der Waals surface area contributed by atoms with Crippen molar-refractivity contribution in [2.45, 2.75) is 19.8 Å². The van der Waals surface area contributed by atoms with Crippen LogP contribution in [0, 0.1) is 4.77 Å². The number of H-pyrrole nitrogens is 2. The van der Waals surface area contributed by atoms with Crippen LogP contribution in [0.5, 0.6) is 0 Å². The third kappa shape index (κ3) is 2.02. The molecule has 0 bridgehead atoms. The first-order chi connectivity index (χ1) is 7.18. The van der Waals surface area contributed by atoms with Gasteiger partial charge in [-0.25, -0.2) is 0 Å². The van der Waals surface area contributed by atoms with Gasteiger partial charge in [0.15, 0.2) is 4.77 Å². The van der Waals surface area contributed by atoms with Crippen LogP contribution in [0.15, 0.2) is 30.3 Å². The molecule has 0 aliphatic rings. The lowest BCUT2D eigenvalue weighted by Crippen LogP contribution is -1.90. The first-order valence-corrected chi connectivity index (χ1v) is 5.47. The maximum absolute atomic E-state index is 5.13. The van der Waals surface area contributed by atoms with E-state index >= 15 is 0 Å². The number of rotatable bonds is 2. The van der Waals surface area contributed by atoms with Crippen molar-refractivity contribution in [2.75, 3.05) is 0 Å². The van der Waals surface area contributed by atoms with Crippen molar-refractivity contribution in [3.63, 3.8) is 0 Å². The molecule has 0 aliphatic carbocycles. The van der Waals surface area contributed by atoms with Gasteiger partial charge in [0.1, 0.15) is 0 Å². The number of nitrogens with one attached hydrogen (secondary N) is 2. The fourth-order valence-electron chi connectivity index (χ4n) is 1.66. The number of imidazole rings is 1. The average molecular weight is 218 g/mol. The van der Waals surface area contributed by atoms with E-state index in [0.29, 0.717) is 10.7 Å². The lowest BCUT2D eigenvalue weighted by Gasteiger charge is -2.05. The van der Waals surface area contributed by atoms with Crippen molar-refractivity contribution in [3.05, 3.63) is 40.8 Å². The maximum atomic E-state index is 5.13. The van der Waals surface area contributed by atoms with Gasteiger partial charge in [0.2, 0.25) is 0 Å². The van der Waals surface area contributed by atoms with Gasteiger partial charge in [0.05, 0.1) is 5.69 Å². The normalized spacial score (nSPS) is 10.9. The predicted molar refractivity (Wildman–Crippen MR) is 65.5 cm³/mol. The molecule has 0 saturated heterocycles. The quantitative estimate of drug-likeness (QED) is 0.737. The number of aromatic amines is 2. The zero-order chi connectivity index (χ0) is 10.8. The molecule has 0 spiro atoms. The molecular weight excluding hydrogens is 204 g/mol. The lowest BCUT2D eigenvalue weighted by atomic mass is 10.0. The highest BCUT2D eigenvalue weighted by Gasteiger charge is 2.10. The van der Waals surface area contributed by atoms with Crippen LogP contribution in [0.1, 0.15) is 25.5 Å². The summed E-state index contributed by atoms with van der Waals surface area (Å²) in [6, 6.07) is 10.2. The van der Waals surface area contributed by atoms with Gasteiger partial charge in [-0.2, -0.15) is 0 Å². The Morgan fingerprint density at radius 2 is 1.73 bits per heavy atom. The predicted octanol–water partition coefficient (Wildman–Crippen LogP) is 3.86. The summed E-state index contributed by atoms with van der Waals surface area (Å²) in [5.41, 5.74) is 3.45. The largest absolute Gasteiger partial charge is 0.334 e. The first kappa shape index (κ1) is 10.2. The number of hydrogen-bond acceptors (Lipinski definition) is 1. The highest BCUT2D eigenvalue weighted by atomic mass is 32.1. The van der Waals surface area contributed by atoms with Crippen LogP contribution in [0.4, 0.5) is 0 Å². The van der Waals surface area contributed by atoms with E-state index in [9.17, 15) is 0 Å². The third-order valence-corrected chi connectivity index (χ3v) is 2.60. The molecule has 0 aliphatic heterocycles. The number of aromatic nitrogens is 2. The van der Waals surface area contributed by atoms with E-state index in [-0.39, 0.29) is 0 Å². The molecule has 1 aromatic heterocycles. The molecule has 2 N–H and O–H groups in total. The summed E-state index contributed by atoms with van der Waals surface area (Å²) in [4.78, 5) is 6.40. The van der Waals surface area contributed by atoms with Gasteiger partial charge in [0, 0.05) is 5.69 Å². The minimum atomic E-state index is 0.438. The van der Waals surface area contributed by atoms with Crippen LogP contribution in [0.3, 0.4) is 0 Å². The highest BCUT2D eigenvalue weighted by Crippen LogP contribution is 2.25. The van der Waals surface area contributed by atoms with Crippen molar-refractivity contribution < 1.29 is 0 Å². The average Bonchev–Trinajstić information content (AvgIpc) is 2.62. The molecule has 0 saturated carbocycles. The monoisotopic (exact) mass is 218 g/mol. The zero-order valence-electron chi connectivity index (χ0n) is 8.87. The minimum Gasteiger partial charge on any atom is -0.334 e. The molecule has 0 radical (unpaired) electrons. The van der Waals surface area contributed by atoms with Gasteiger partial charge >= 0.3 is 0 Å². The summed E-state index contributed by atoms with van der Waals surface area (Å²) < 4.78 is 0.692. The lowest BCUT2D eigenvalue weighted by molar-refractivity contribution is 0.833. The fraction of sp³-hybridized carbons (Fsp3) is 0.250. The van der Waals surface area contributed by atoms with Gasteiger partial charge in [0.25, 0.3) is 0 Å². The van der Waals surface area contributed by atoms with Crippen LogP contribution in [-0.2, 0) is 0 Å². The van der Waals surface area contributed by atoms with Gasteiger partial charge < -0.3 is 9.97 Å². The van der Waals surface area contributed by atoms with E-state index in [4.69, 9.17) is 12.2 Å². The Morgan fingerprint density at radius 3 is 2.33 bits per heavy atom. The van der Waals surface area contributed by atoms with Crippen LogP contribution >= 0.6 is 12.2 Å². The molecule has 1 aromatic carbocycles. The first-order valence-electron chi connectivity index (χ1n) is 5.06. The maximum Gasteiger partial charge on any atom is 0.175 e. The summed E-state index contributed by atoms with van der Waals surface area (Å²) in [5, 5.41) is 0. The van der Waals surface area contributed by atoms with Crippen LogP contribution in [0.2, 0.25) is 0 Å².